The van der Waals surface area contributed by atoms with Crippen molar-refractivity contribution in [1.82, 2.24) is 15.1 Å². The molecule has 0 amide bonds. The molecule has 1 unspecified atom stereocenters. The second kappa shape index (κ2) is 5.09. The van der Waals surface area contributed by atoms with Crippen molar-refractivity contribution in [2.75, 3.05) is 13.2 Å². The lowest BCUT2D eigenvalue weighted by Crippen LogP contribution is -2.29. The van der Waals surface area contributed by atoms with Crippen LogP contribution in [-0.4, -0.2) is 39.2 Å². The molecule has 1 aromatic heterocycles. The third-order valence-corrected chi connectivity index (χ3v) is 2.00. The zero-order valence-corrected chi connectivity index (χ0v) is 8.56. The lowest BCUT2D eigenvalue weighted by Gasteiger charge is -2.08. The number of rotatable bonds is 5. The highest BCUT2D eigenvalue weighted by Gasteiger charge is 2.03. The van der Waals surface area contributed by atoms with E-state index in [-0.39, 0.29) is 6.61 Å². The van der Waals surface area contributed by atoms with E-state index >= 15 is 0 Å². The molecule has 0 saturated heterocycles. The number of aryl methyl sites for hydroxylation is 2. The van der Waals surface area contributed by atoms with Crippen LogP contribution in [0.25, 0.3) is 0 Å². The molecule has 80 valence electrons. The van der Waals surface area contributed by atoms with Crippen molar-refractivity contribution in [2.45, 2.75) is 19.6 Å². The first-order valence-corrected chi connectivity index (χ1v) is 4.62. The standard InChI is InChI=1S/C9H17N3O2/c1-7-3-8(12(2)11-7)4-10-5-9(14)6-13/h3,9-10,13-14H,4-6H2,1-2H3. The van der Waals surface area contributed by atoms with E-state index in [2.05, 4.69) is 10.4 Å². The predicted octanol–water partition coefficient (Wildman–Crippen LogP) is -0.829. The normalized spacial score (nSPS) is 13.1. The van der Waals surface area contributed by atoms with Crippen LogP contribution in [-0.2, 0) is 13.6 Å². The molecule has 0 aliphatic carbocycles. The smallest absolute Gasteiger partial charge is 0.0895 e. The minimum atomic E-state index is -0.690. The molecular formula is C9H17N3O2. The van der Waals surface area contributed by atoms with E-state index in [1.807, 2.05) is 20.0 Å². The maximum Gasteiger partial charge on any atom is 0.0895 e. The van der Waals surface area contributed by atoms with Gasteiger partial charge in [-0.1, -0.05) is 0 Å². The SMILES string of the molecule is Cc1cc(CNCC(O)CO)n(C)n1. The monoisotopic (exact) mass is 199 g/mol. The number of nitrogens with zero attached hydrogens (tertiary/aromatic N) is 2. The number of aromatic nitrogens is 2. The Labute approximate surface area is 83.4 Å². The highest BCUT2D eigenvalue weighted by atomic mass is 16.3. The Bertz CT molecular complexity index is 286. The lowest BCUT2D eigenvalue weighted by atomic mass is 10.3. The van der Waals surface area contributed by atoms with Crippen molar-refractivity contribution in [3.05, 3.63) is 17.5 Å². The van der Waals surface area contributed by atoms with Crippen LogP contribution in [0.3, 0.4) is 0 Å². The van der Waals surface area contributed by atoms with E-state index in [1.165, 1.54) is 0 Å². The van der Waals surface area contributed by atoms with Crippen molar-refractivity contribution in [2.24, 2.45) is 7.05 Å². The van der Waals surface area contributed by atoms with Gasteiger partial charge in [0.2, 0.25) is 0 Å². The molecule has 5 heteroatoms. The molecular weight excluding hydrogens is 182 g/mol. The number of aliphatic hydroxyl groups excluding tert-OH is 2. The molecule has 0 aliphatic heterocycles. The maximum atomic E-state index is 9.08. The summed E-state index contributed by atoms with van der Waals surface area (Å²) in [6.07, 6.45) is -0.690. The molecule has 0 saturated carbocycles. The van der Waals surface area contributed by atoms with E-state index in [9.17, 15) is 0 Å². The van der Waals surface area contributed by atoms with Gasteiger partial charge < -0.3 is 15.5 Å². The van der Waals surface area contributed by atoms with E-state index in [1.54, 1.807) is 4.68 Å². The summed E-state index contributed by atoms with van der Waals surface area (Å²) < 4.78 is 1.80. The van der Waals surface area contributed by atoms with Crippen molar-refractivity contribution >= 4 is 0 Å². The van der Waals surface area contributed by atoms with Gasteiger partial charge in [0.1, 0.15) is 0 Å². The minimum absolute atomic E-state index is 0.211. The summed E-state index contributed by atoms with van der Waals surface area (Å²) in [4.78, 5) is 0. The second-order valence-electron chi connectivity index (χ2n) is 3.37. The Morgan fingerprint density at radius 3 is 2.86 bits per heavy atom. The summed E-state index contributed by atoms with van der Waals surface area (Å²) in [6, 6.07) is 1.98. The zero-order chi connectivity index (χ0) is 10.6. The van der Waals surface area contributed by atoms with Crippen LogP contribution in [0.4, 0.5) is 0 Å². The van der Waals surface area contributed by atoms with E-state index in [4.69, 9.17) is 10.2 Å². The minimum Gasteiger partial charge on any atom is -0.394 e. The summed E-state index contributed by atoms with van der Waals surface area (Å²) in [6.45, 7) is 2.76. The van der Waals surface area contributed by atoms with Gasteiger partial charge in [-0.2, -0.15) is 5.10 Å². The third-order valence-electron chi connectivity index (χ3n) is 2.00. The number of hydrogen-bond donors (Lipinski definition) is 3. The molecule has 0 radical (unpaired) electrons. The van der Waals surface area contributed by atoms with E-state index in [0.717, 1.165) is 11.4 Å². The molecule has 0 aliphatic rings. The summed E-state index contributed by atoms with van der Waals surface area (Å²) in [7, 11) is 1.88. The third kappa shape index (κ3) is 3.10. The lowest BCUT2D eigenvalue weighted by molar-refractivity contribution is 0.0941. The predicted molar refractivity (Wildman–Crippen MR) is 52.7 cm³/mol. The van der Waals surface area contributed by atoms with Gasteiger partial charge in [0.25, 0.3) is 0 Å². The van der Waals surface area contributed by atoms with Gasteiger partial charge in [0.05, 0.1) is 24.1 Å². The quantitative estimate of drug-likeness (QED) is 0.579. The van der Waals surface area contributed by atoms with Crippen molar-refractivity contribution in [1.29, 1.82) is 0 Å². The first-order valence-electron chi connectivity index (χ1n) is 4.62. The molecule has 0 fully saturated rings. The second-order valence-corrected chi connectivity index (χ2v) is 3.37. The number of hydrogen-bond acceptors (Lipinski definition) is 4. The van der Waals surface area contributed by atoms with Crippen molar-refractivity contribution < 1.29 is 10.2 Å². The van der Waals surface area contributed by atoms with Gasteiger partial charge in [-0.25, -0.2) is 0 Å². The van der Waals surface area contributed by atoms with Crippen LogP contribution in [0.15, 0.2) is 6.07 Å². The largest absolute Gasteiger partial charge is 0.394 e. The van der Waals surface area contributed by atoms with Crippen molar-refractivity contribution in [3.63, 3.8) is 0 Å². The number of aliphatic hydroxyl groups is 2. The molecule has 0 aromatic carbocycles. The molecule has 14 heavy (non-hydrogen) atoms. The van der Waals surface area contributed by atoms with Gasteiger partial charge >= 0.3 is 0 Å². The summed E-state index contributed by atoms with van der Waals surface area (Å²) in [5.41, 5.74) is 2.04. The Balaban J connectivity index is 2.34. The van der Waals surface area contributed by atoms with Crippen molar-refractivity contribution in [3.8, 4) is 0 Å². The van der Waals surface area contributed by atoms with Gasteiger partial charge in [0.15, 0.2) is 0 Å². The average molecular weight is 199 g/mol. The van der Waals surface area contributed by atoms with Crippen LogP contribution in [0.2, 0.25) is 0 Å². The van der Waals surface area contributed by atoms with Gasteiger partial charge in [-0.3, -0.25) is 4.68 Å². The average Bonchev–Trinajstić information content (AvgIpc) is 2.45. The van der Waals surface area contributed by atoms with Gasteiger partial charge in [-0.05, 0) is 13.0 Å². The molecule has 5 nitrogen and oxygen atoms in total. The highest BCUT2D eigenvalue weighted by Crippen LogP contribution is 2.00. The summed E-state index contributed by atoms with van der Waals surface area (Å²) >= 11 is 0. The van der Waals surface area contributed by atoms with Crippen LogP contribution in [0, 0.1) is 6.92 Å². The van der Waals surface area contributed by atoms with Crippen LogP contribution >= 0.6 is 0 Å². The van der Waals surface area contributed by atoms with Gasteiger partial charge in [-0.15, -0.1) is 0 Å². The fraction of sp³-hybridized carbons (Fsp3) is 0.667. The molecule has 3 N–H and O–H groups in total. The van der Waals surface area contributed by atoms with Crippen LogP contribution < -0.4 is 5.32 Å². The fourth-order valence-electron chi connectivity index (χ4n) is 1.26. The molecule has 0 spiro atoms. The highest BCUT2D eigenvalue weighted by molar-refractivity contribution is 5.08. The molecule has 1 atom stereocenters. The van der Waals surface area contributed by atoms with E-state index < -0.39 is 6.10 Å². The molecule has 0 bridgehead atoms. The maximum absolute atomic E-state index is 9.08. The summed E-state index contributed by atoms with van der Waals surface area (Å²) in [5.74, 6) is 0. The molecule has 1 heterocycles. The van der Waals surface area contributed by atoms with Gasteiger partial charge in [0, 0.05) is 20.1 Å². The fourth-order valence-corrected chi connectivity index (χ4v) is 1.26. The molecule has 1 rings (SSSR count). The van der Waals surface area contributed by atoms with E-state index in [0.29, 0.717) is 13.1 Å². The topological polar surface area (TPSA) is 70.3 Å². The zero-order valence-electron chi connectivity index (χ0n) is 8.56. The van der Waals surface area contributed by atoms with Crippen LogP contribution in [0.1, 0.15) is 11.4 Å². The summed E-state index contributed by atoms with van der Waals surface area (Å²) in [5, 5.41) is 24.9. The first-order chi connectivity index (χ1) is 6.63. The first kappa shape index (κ1) is 11.2. The Morgan fingerprint density at radius 1 is 1.64 bits per heavy atom. The Kier molecular flexibility index (Phi) is 4.06. The Morgan fingerprint density at radius 2 is 2.36 bits per heavy atom. The molecule has 1 aromatic rings. The number of nitrogens with one attached hydrogen (secondary N) is 1. The van der Waals surface area contributed by atoms with Crippen LogP contribution in [0.5, 0.6) is 0 Å². The Hall–Kier alpha value is -0.910.